The van der Waals surface area contributed by atoms with E-state index in [2.05, 4.69) is 36.1 Å². The Morgan fingerprint density at radius 3 is 2.62 bits per heavy atom. The van der Waals surface area contributed by atoms with Gasteiger partial charge in [-0.3, -0.25) is 14.7 Å². The van der Waals surface area contributed by atoms with Crippen LogP contribution in [0.3, 0.4) is 0 Å². The zero-order chi connectivity index (χ0) is 24.8. The number of carbonyl (C=O) groups excluding carboxylic acids is 2. The number of rotatable bonds is 10. The molecule has 3 N–H and O–H groups in total. The van der Waals surface area contributed by atoms with Gasteiger partial charge in [0.1, 0.15) is 22.4 Å². The lowest BCUT2D eigenvalue weighted by molar-refractivity contribution is -0.118. The Bertz CT molecular complexity index is 1140. The van der Waals surface area contributed by atoms with Gasteiger partial charge in [-0.25, -0.2) is 9.67 Å². The van der Waals surface area contributed by atoms with Gasteiger partial charge in [-0.05, 0) is 52.2 Å². The summed E-state index contributed by atoms with van der Waals surface area (Å²) in [5, 5.41) is 19.7. The van der Waals surface area contributed by atoms with Crippen molar-refractivity contribution in [3.63, 3.8) is 0 Å². The van der Waals surface area contributed by atoms with Crippen LogP contribution in [0.2, 0.25) is 0 Å². The highest BCUT2D eigenvalue weighted by Gasteiger charge is 2.24. The number of amides is 2. The summed E-state index contributed by atoms with van der Waals surface area (Å²) >= 11 is 11.6. The Morgan fingerprint density at radius 1 is 1.24 bits per heavy atom. The van der Waals surface area contributed by atoms with Gasteiger partial charge in [0.25, 0.3) is 5.91 Å². The first-order valence-corrected chi connectivity index (χ1v) is 11.5. The number of aryl methyl sites for hydroxylation is 3. The lowest BCUT2D eigenvalue weighted by Crippen LogP contribution is -2.44. The summed E-state index contributed by atoms with van der Waals surface area (Å²) in [5.41, 5.74) is 2.44. The molecule has 13 heteroatoms. The van der Waals surface area contributed by atoms with Crippen molar-refractivity contribution in [1.82, 2.24) is 35.5 Å². The van der Waals surface area contributed by atoms with E-state index in [9.17, 15) is 14.0 Å². The first-order chi connectivity index (χ1) is 16.2. The molecule has 0 aliphatic rings. The van der Waals surface area contributed by atoms with Crippen LogP contribution in [0.4, 0.5) is 10.2 Å². The van der Waals surface area contributed by atoms with Crippen molar-refractivity contribution in [2.24, 2.45) is 0 Å². The van der Waals surface area contributed by atoms with Gasteiger partial charge in [-0.2, -0.15) is 9.49 Å². The molecule has 0 spiro atoms. The van der Waals surface area contributed by atoms with E-state index in [0.717, 1.165) is 0 Å². The van der Waals surface area contributed by atoms with Crippen molar-refractivity contribution in [2.75, 3.05) is 5.32 Å². The summed E-state index contributed by atoms with van der Waals surface area (Å²) in [7, 11) is 0. The molecule has 0 saturated heterocycles. The van der Waals surface area contributed by atoms with E-state index >= 15 is 0 Å². The minimum Gasteiger partial charge on any atom is -0.339 e. The molecule has 0 unspecified atom stereocenters. The lowest BCUT2D eigenvalue weighted by atomic mass is 10.1. The first kappa shape index (κ1) is 25.6. The van der Waals surface area contributed by atoms with Crippen LogP contribution in [0.25, 0.3) is 11.1 Å². The minimum absolute atomic E-state index is 0.0112. The molecule has 3 aromatic rings. The number of H-pyrrole nitrogens is 1. The number of aromatic nitrogens is 6. The van der Waals surface area contributed by atoms with E-state index in [1.807, 2.05) is 6.92 Å². The molecule has 10 nitrogen and oxygen atoms in total. The molecule has 2 amide bonds. The Kier molecular flexibility index (Phi) is 8.56. The van der Waals surface area contributed by atoms with Crippen LogP contribution >= 0.6 is 23.2 Å². The highest BCUT2D eigenvalue weighted by molar-refractivity contribution is 6.44. The fourth-order valence-corrected chi connectivity index (χ4v) is 3.80. The standard InChI is InChI=1S/C21H25Cl2FN8O2/c1-4-32-15(10-25-31-32)21(34)26-14(6-5-7-16(22)23)20(33)28-17-9-8-13(19(24)27-17)18-11(2)29-30-12(18)3/h8-10,14,16H,4-7H2,1-3H3,(H,26,34)(H,29,30)(H,27,28,33)/t14-/m0/s1. The van der Waals surface area contributed by atoms with Crippen LogP contribution in [0.5, 0.6) is 0 Å². The van der Waals surface area contributed by atoms with Crippen molar-refractivity contribution in [3.05, 3.63) is 41.4 Å². The number of hydrogen-bond acceptors (Lipinski definition) is 6. The number of halogens is 3. The minimum atomic E-state index is -0.942. The predicted octanol–water partition coefficient (Wildman–Crippen LogP) is 3.55. The molecule has 0 aliphatic carbocycles. The average Bonchev–Trinajstić information content (AvgIpc) is 3.39. The number of nitrogens with zero attached hydrogens (tertiary/aromatic N) is 5. The van der Waals surface area contributed by atoms with Crippen LogP contribution in [-0.4, -0.2) is 52.9 Å². The van der Waals surface area contributed by atoms with Gasteiger partial charge in [-0.1, -0.05) is 5.21 Å². The highest BCUT2D eigenvalue weighted by atomic mass is 35.5. The number of nitrogens with one attached hydrogen (secondary N) is 3. The van der Waals surface area contributed by atoms with E-state index in [0.29, 0.717) is 36.3 Å². The molecule has 3 rings (SSSR count). The van der Waals surface area contributed by atoms with Gasteiger partial charge >= 0.3 is 0 Å². The van der Waals surface area contributed by atoms with Crippen molar-refractivity contribution < 1.29 is 14.0 Å². The lowest BCUT2D eigenvalue weighted by Gasteiger charge is -2.18. The summed E-state index contributed by atoms with van der Waals surface area (Å²) in [5.74, 6) is -1.81. The quantitative estimate of drug-likeness (QED) is 0.282. The molecule has 0 radical (unpaired) electrons. The SMILES string of the molecule is CCn1nncc1C(=O)N[C@@H](CCCC(Cl)Cl)C(=O)Nc1ccc(-c2c(C)n[nH]c2C)c(F)n1. The predicted molar refractivity (Wildman–Crippen MR) is 126 cm³/mol. The van der Waals surface area contributed by atoms with Gasteiger partial charge in [0.15, 0.2) is 0 Å². The molecule has 0 saturated carbocycles. The molecule has 0 aromatic carbocycles. The summed E-state index contributed by atoms with van der Waals surface area (Å²) in [6.45, 7) is 5.79. The Labute approximate surface area is 205 Å². The van der Waals surface area contributed by atoms with Gasteiger partial charge in [0, 0.05) is 23.4 Å². The maximum absolute atomic E-state index is 14.8. The second kappa shape index (κ2) is 11.4. The zero-order valence-electron chi connectivity index (χ0n) is 18.9. The molecular formula is C21H25Cl2FN8O2. The van der Waals surface area contributed by atoms with Crippen LogP contribution in [-0.2, 0) is 11.3 Å². The number of anilines is 1. The second-order valence-corrected chi connectivity index (χ2v) is 8.89. The molecule has 0 bridgehead atoms. The summed E-state index contributed by atoms with van der Waals surface area (Å²) in [6, 6.07) is 2.07. The highest BCUT2D eigenvalue weighted by Crippen LogP contribution is 2.28. The summed E-state index contributed by atoms with van der Waals surface area (Å²) in [4.78, 5) is 29.0. The molecule has 3 aromatic heterocycles. The van der Waals surface area contributed by atoms with Crippen molar-refractivity contribution in [1.29, 1.82) is 0 Å². The van der Waals surface area contributed by atoms with E-state index < -0.39 is 28.6 Å². The zero-order valence-corrected chi connectivity index (χ0v) is 20.4. The van der Waals surface area contributed by atoms with E-state index in [1.165, 1.54) is 23.0 Å². The molecule has 1 atom stereocenters. The largest absolute Gasteiger partial charge is 0.339 e. The van der Waals surface area contributed by atoms with E-state index in [-0.39, 0.29) is 23.5 Å². The van der Waals surface area contributed by atoms with Crippen molar-refractivity contribution in [2.45, 2.75) is 57.5 Å². The molecule has 0 aliphatic heterocycles. The summed E-state index contributed by atoms with van der Waals surface area (Å²) in [6.07, 6.45) is 2.48. The fraction of sp³-hybridized carbons (Fsp3) is 0.429. The van der Waals surface area contributed by atoms with Gasteiger partial charge in [0.2, 0.25) is 11.9 Å². The smallest absolute Gasteiger partial charge is 0.271 e. The molecular weight excluding hydrogens is 486 g/mol. The van der Waals surface area contributed by atoms with E-state index in [4.69, 9.17) is 23.2 Å². The van der Waals surface area contributed by atoms with Crippen LogP contribution in [0.15, 0.2) is 18.3 Å². The van der Waals surface area contributed by atoms with Crippen LogP contribution in [0, 0.1) is 19.8 Å². The Morgan fingerprint density at radius 2 is 2.00 bits per heavy atom. The number of aromatic amines is 1. The third kappa shape index (κ3) is 6.09. The number of carbonyl (C=O) groups is 2. The maximum Gasteiger partial charge on any atom is 0.271 e. The van der Waals surface area contributed by atoms with Gasteiger partial charge in [-0.15, -0.1) is 28.3 Å². The third-order valence-electron chi connectivity index (χ3n) is 5.18. The van der Waals surface area contributed by atoms with Gasteiger partial charge < -0.3 is 10.6 Å². The van der Waals surface area contributed by atoms with Crippen molar-refractivity contribution >= 4 is 40.8 Å². The Balaban J connectivity index is 1.76. The van der Waals surface area contributed by atoms with E-state index in [1.54, 1.807) is 13.8 Å². The molecule has 3 heterocycles. The first-order valence-electron chi connectivity index (χ1n) is 10.7. The normalized spacial score (nSPS) is 12.1. The molecule has 182 valence electrons. The van der Waals surface area contributed by atoms with Gasteiger partial charge in [0.05, 0.1) is 11.9 Å². The third-order valence-corrected chi connectivity index (χ3v) is 5.62. The molecule has 34 heavy (non-hydrogen) atoms. The number of pyridine rings is 1. The topological polar surface area (TPSA) is 130 Å². The Hall–Kier alpha value is -3.05. The number of hydrogen-bond donors (Lipinski definition) is 3. The monoisotopic (exact) mass is 510 g/mol. The summed E-state index contributed by atoms with van der Waals surface area (Å²) < 4.78 is 16.2. The van der Waals surface area contributed by atoms with Crippen LogP contribution < -0.4 is 10.6 Å². The average molecular weight is 511 g/mol. The molecule has 0 fully saturated rings. The van der Waals surface area contributed by atoms with Crippen LogP contribution in [0.1, 0.15) is 48.1 Å². The fourth-order valence-electron chi connectivity index (χ4n) is 3.50. The second-order valence-electron chi connectivity index (χ2n) is 7.62. The number of alkyl halides is 2. The van der Waals surface area contributed by atoms with Crippen molar-refractivity contribution in [3.8, 4) is 11.1 Å². The maximum atomic E-state index is 14.8.